The van der Waals surface area contributed by atoms with E-state index in [0.717, 1.165) is 35.4 Å². The van der Waals surface area contributed by atoms with E-state index < -0.39 is 0 Å². The van der Waals surface area contributed by atoms with E-state index in [1.54, 1.807) is 11.8 Å². The van der Waals surface area contributed by atoms with Crippen molar-refractivity contribution in [2.24, 2.45) is 15.9 Å². The quantitative estimate of drug-likeness (QED) is 0.626. The zero-order chi connectivity index (χ0) is 19.8. The van der Waals surface area contributed by atoms with E-state index in [9.17, 15) is 4.79 Å². The van der Waals surface area contributed by atoms with Crippen LogP contribution < -0.4 is 4.74 Å². The Kier molecular flexibility index (Phi) is 5.02. The van der Waals surface area contributed by atoms with E-state index in [1.807, 2.05) is 48.5 Å². The largest absolute Gasteiger partial charge is 0.489 e. The van der Waals surface area contributed by atoms with Crippen LogP contribution in [0.5, 0.6) is 5.75 Å². The molecule has 0 bridgehead atoms. The third-order valence-electron chi connectivity index (χ3n) is 5.40. The van der Waals surface area contributed by atoms with Crippen molar-refractivity contribution in [3.05, 3.63) is 75.2 Å². The second-order valence-electron chi connectivity index (χ2n) is 7.32. The summed E-state index contributed by atoms with van der Waals surface area (Å²) in [4.78, 5) is 23.2. The molecule has 29 heavy (non-hydrogen) atoms. The molecular weight excluding hydrogens is 404 g/mol. The first-order valence-electron chi connectivity index (χ1n) is 9.76. The first-order valence-corrected chi connectivity index (χ1v) is 11.0. The average Bonchev–Trinajstić information content (AvgIpc) is 3.12. The van der Waals surface area contributed by atoms with E-state index in [1.165, 1.54) is 16.9 Å². The topological polar surface area (TPSA) is 51.0 Å². The molecule has 2 aromatic carbocycles. The SMILES string of the molecule is O=C1N=C(c2cccc(OCc3ccccc3Cl)c2)N=C2SC3=C(CCCC3)C12. The van der Waals surface area contributed by atoms with Gasteiger partial charge in [-0.1, -0.05) is 53.7 Å². The number of carbonyl (C=O) groups is 1. The fourth-order valence-electron chi connectivity index (χ4n) is 3.93. The Morgan fingerprint density at radius 3 is 2.83 bits per heavy atom. The number of amides is 1. The van der Waals surface area contributed by atoms with Gasteiger partial charge in [-0.15, -0.1) is 0 Å². The molecule has 0 radical (unpaired) electrons. The summed E-state index contributed by atoms with van der Waals surface area (Å²) < 4.78 is 5.91. The third-order valence-corrected chi connectivity index (χ3v) is 7.02. The highest BCUT2D eigenvalue weighted by Crippen LogP contribution is 2.47. The number of nitrogens with zero attached hydrogens (tertiary/aromatic N) is 2. The molecule has 146 valence electrons. The van der Waals surface area contributed by atoms with E-state index in [-0.39, 0.29) is 11.8 Å². The second kappa shape index (κ2) is 7.81. The van der Waals surface area contributed by atoms with Crippen molar-refractivity contribution in [3.63, 3.8) is 0 Å². The van der Waals surface area contributed by atoms with Gasteiger partial charge in [0.2, 0.25) is 0 Å². The van der Waals surface area contributed by atoms with E-state index in [0.29, 0.717) is 23.2 Å². The summed E-state index contributed by atoms with van der Waals surface area (Å²) in [7, 11) is 0. The van der Waals surface area contributed by atoms with Crippen LogP contribution in [0.2, 0.25) is 5.02 Å². The minimum atomic E-state index is -0.237. The van der Waals surface area contributed by atoms with Crippen LogP contribution in [0.1, 0.15) is 36.8 Å². The summed E-state index contributed by atoms with van der Waals surface area (Å²) in [6, 6.07) is 15.2. The fourth-order valence-corrected chi connectivity index (χ4v) is 5.46. The highest BCUT2D eigenvalue weighted by molar-refractivity contribution is 8.17. The lowest BCUT2D eigenvalue weighted by Gasteiger charge is -2.18. The number of aliphatic imine (C=N–C) groups is 2. The van der Waals surface area contributed by atoms with Crippen LogP contribution in [0.4, 0.5) is 0 Å². The predicted octanol–water partition coefficient (Wildman–Crippen LogP) is 5.80. The summed E-state index contributed by atoms with van der Waals surface area (Å²) in [5, 5.41) is 1.56. The summed E-state index contributed by atoms with van der Waals surface area (Å²) in [5.74, 6) is 0.832. The number of halogens is 1. The van der Waals surface area contributed by atoms with Gasteiger partial charge >= 0.3 is 0 Å². The molecule has 2 heterocycles. The molecule has 3 aliphatic rings. The van der Waals surface area contributed by atoms with Gasteiger partial charge in [0.15, 0.2) is 5.84 Å². The van der Waals surface area contributed by atoms with Gasteiger partial charge in [0.25, 0.3) is 5.91 Å². The summed E-state index contributed by atoms with van der Waals surface area (Å²) in [5.41, 5.74) is 2.96. The molecule has 2 aliphatic heterocycles. The monoisotopic (exact) mass is 422 g/mol. The number of benzene rings is 2. The van der Waals surface area contributed by atoms with Crippen molar-refractivity contribution in [1.82, 2.24) is 0 Å². The van der Waals surface area contributed by atoms with Gasteiger partial charge in [-0.25, -0.2) is 4.99 Å². The smallest absolute Gasteiger partial charge is 0.261 e. The molecule has 5 rings (SSSR count). The van der Waals surface area contributed by atoms with Crippen molar-refractivity contribution >= 4 is 40.1 Å². The minimum absolute atomic E-state index is 0.0909. The predicted molar refractivity (Wildman–Crippen MR) is 118 cm³/mol. The number of hydrogen-bond acceptors (Lipinski definition) is 4. The van der Waals surface area contributed by atoms with Gasteiger partial charge in [0.1, 0.15) is 18.3 Å². The molecule has 1 atom stereocenters. The number of hydrogen-bond donors (Lipinski definition) is 0. The Bertz CT molecular complexity index is 1090. The molecule has 4 nitrogen and oxygen atoms in total. The molecule has 0 N–H and O–H groups in total. The lowest BCUT2D eigenvalue weighted by atomic mass is 9.89. The number of allylic oxidation sites excluding steroid dienone is 1. The van der Waals surface area contributed by atoms with Crippen LogP contribution in [-0.2, 0) is 11.4 Å². The summed E-state index contributed by atoms with van der Waals surface area (Å²) in [6.45, 7) is 0.373. The first kappa shape index (κ1) is 18.6. The van der Waals surface area contributed by atoms with E-state index in [4.69, 9.17) is 21.3 Å². The molecule has 1 aliphatic carbocycles. The van der Waals surface area contributed by atoms with Crippen LogP contribution in [0.3, 0.4) is 0 Å². The van der Waals surface area contributed by atoms with Gasteiger partial charge in [-0.3, -0.25) is 4.79 Å². The molecule has 0 spiro atoms. The van der Waals surface area contributed by atoms with E-state index >= 15 is 0 Å². The molecular formula is C23H19ClN2O2S. The highest BCUT2D eigenvalue weighted by Gasteiger charge is 2.40. The number of rotatable bonds is 4. The van der Waals surface area contributed by atoms with Crippen LogP contribution >= 0.6 is 23.4 Å². The lowest BCUT2D eigenvalue weighted by Crippen LogP contribution is -2.26. The Balaban J connectivity index is 1.36. The van der Waals surface area contributed by atoms with Crippen molar-refractivity contribution < 1.29 is 9.53 Å². The lowest BCUT2D eigenvalue weighted by molar-refractivity contribution is -0.118. The minimum Gasteiger partial charge on any atom is -0.489 e. The highest BCUT2D eigenvalue weighted by atomic mass is 35.5. The van der Waals surface area contributed by atoms with Gasteiger partial charge in [-0.05, 0) is 54.4 Å². The number of carbonyl (C=O) groups excluding carboxylic acids is 1. The standard InChI is InChI=1S/C23H19ClN2O2S/c24-18-10-3-1-6-15(18)13-28-16-8-5-7-14(12-16)21-25-22(27)20-17-9-2-4-11-19(17)29-23(20)26-21/h1,3,5-8,10,12,20H,2,4,9,11,13H2. The van der Waals surface area contributed by atoms with E-state index in [2.05, 4.69) is 4.99 Å². The normalized spacial score (nSPS) is 20.7. The third kappa shape index (κ3) is 3.65. The zero-order valence-corrected chi connectivity index (χ0v) is 17.3. The molecule has 2 aromatic rings. The molecule has 0 saturated carbocycles. The number of fused-ring (bicyclic) bond motifs is 2. The van der Waals surface area contributed by atoms with Gasteiger partial charge in [-0.2, -0.15) is 4.99 Å². The molecule has 0 fully saturated rings. The zero-order valence-electron chi connectivity index (χ0n) is 15.7. The van der Waals surface area contributed by atoms with Gasteiger partial charge < -0.3 is 4.74 Å². The molecule has 1 unspecified atom stereocenters. The Morgan fingerprint density at radius 2 is 1.93 bits per heavy atom. The average molecular weight is 423 g/mol. The number of thioether (sulfide) groups is 1. The van der Waals surface area contributed by atoms with Crippen molar-refractivity contribution in [2.75, 3.05) is 0 Å². The molecule has 1 amide bonds. The summed E-state index contributed by atoms with van der Waals surface area (Å²) >= 11 is 7.88. The Labute approximate surface area is 178 Å². The second-order valence-corrected chi connectivity index (χ2v) is 8.84. The maximum atomic E-state index is 12.8. The maximum Gasteiger partial charge on any atom is 0.261 e. The molecule has 0 saturated heterocycles. The van der Waals surface area contributed by atoms with Gasteiger partial charge in [0.05, 0.1) is 5.04 Å². The number of amidine groups is 1. The van der Waals surface area contributed by atoms with Crippen molar-refractivity contribution in [2.45, 2.75) is 32.3 Å². The number of ether oxygens (including phenoxy) is 1. The van der Waals surface area contributed by atoms with Crippen molar-refractivity contribution in [3.8, 4) is 5.75 Å². The molecule has 6 heteroatoms. The fraction of sp³-hybridized carbons (Fsp3) is 0.261. The first-order chi connectivity index (χ1) is 14.2. The Morgan fingerprint density at radius 1 is 1.07 bits per heavy atom. The molecule has 0 aromatic heterocycles. The summed E-state index contributed by atoms with van der Waals surface area (Å²) in [6.07, 6.45) is 4.40. The van der Waals surface area contributed by atoms with Crippen LogP contribution in [0.15, 0.2) is 69.0 Å². The van der Waals surface area contributed by atoms with Crippen LogP contribution in [-0.4, -0.2) is 16.8 Å². The Hall–Kier alpha value is -2.37. The van der Waals surface area contributed by atoms with Crippen LogP contribution in [0, 0.1) is 5.92 Å². The van der Waals surface area contributed by atoms with Crippen LogP contribution in [0.25, 0.3) is 0 Å². The van der Waals surface area contributed by atoms with Crippen molar-refractivity contribution in [1.29, 1.82) is 0 Å². The maximum absolute atomic E-state index is 12.8. The van der Waals surface area contributed by atoms with Gasteiger partial charge in [0, 0.05) is 16.1 Å².